The number of hydrogen-bond donors (Lipinski definition) is 2. The van der Waals surface area contributed by atoms with Gasteiger partial charge in [0.25, 0.3) is 0 Å². The zero-order valence-corrected chi connectivity index (χ0v) is 13.8. The van der Waals surface area contributed by atoms with Crippen molar-refractivity contribution in [1.82, 2.24) is 10.2 Å². The van der Waals surface area contributed by atoms with E-state index < -0.39 is 0 Å². The molecule has 0 aliphatic carbocycles. The first-order valence-electron chi connectivity index (χ1n) is 8.10. The van der Waals surface area contributed by atoms with Crippen molar-refractivity contribution in [2.45, 2.75) is 32.8 Å². The van der Waals surface area contributed by atoms with Crippen LogP contribution in [0.2, 0.25) is 0 Å². The molecule has 1 saturated heterocycles. The summed E-state index contributed by atoms with van der Waals surface area (Å²) in [6.45, 7) is 5.66. The van der Waals surface area contributed by atoms with Gasteiger partial charge in [0.2, 0.25) is 11.8 Å². The largest absolute Gasteiger partial charge is 0.489 e. The summed E-state index contributed by atoms with van der Waals surface area (Å²) < 4.78 is 5.69. The summed E-state index contributed by atoms with van der Waals surface area (Å²) in [6.07, 6.45) is 2.16. The molecule has 0 saturated carbocycles. The lowest BCUT2D eigenvalue weighted by Gasteiger charge is -2.17. The third-order valence-electron chi connectivity index (χ3n) is 3.58. The maximum atomic E-state index is 11.9. The van der Waals surface area contributed by atoms with Gasteiger partial charge in [-0.05, 0) is 38.8 Å². The molecular formula is C17H25N3O3. The Kier molecular flexibility index (Phi) is 6.26. The fraction of sp³-hybridized carbons (Fsp3) is 0.529. The zero-order valence-electron chi connectivity index (χ0n) is 13.8. The summed E-state index contributed by atoms with van der Waals surface area (Å²) >= 11 is 0. The number of rotatable bonds is 7. The van der Waals surface area contributed by atoms with Crippen molar-refractivity contribution in [1.29, 1.82) is 0 Å². The lowest BCUT2D eigenvalue weighted by atomic mass is 10.3. The van der Waals surface area contributed by atoms with Crippen LogP contribution in [0.4, 0.5) is 5.69 Å². The monoisotopic (exact) mass is 319 g/mol. The summed E-state index contributed by atoms with van der Waals surface area (Å²) in [5.74, 6) is 0.486. The Labute approximate surface area is 137 Å². The predicted molar refractivity (Wildman–Crippen MR) is 89.5 cm³/mol. The minimum atomic E-state index is -0.211. The number of amides is 2. The number of nitrogens with zero attached hydrogens (tertiary/aromatic N) is 1. The van der Waals surface area contributed by atoms with Crippen LogP contribution in [-0.2, 0) is 9.59 Å². The fourth-order valence-electron chi connectivity index (χ4n) is 2.46. The van der Waals surface area contributed by atoms with E-state index in [0.717, 1.165) is 31.6 Å². The van der Waals surface area contributed by atoms with Gasteiger partial charge in [-0.25, -0.2) is 0 Å². The molecule has 0 radical (unpaired) electrons. The SMILES string of the molecule is CC(C)Oc1ccccc1NCC(=O)NCC(=O)N1CCCC1. The van der Waals surface area contributed by atoms with Crippen LogP contribution in [0.1, 0.15) is 26.7 Å². The molecule has 2 amide bonds. The molecule has 2 rings (SSSR count). The highest BCUT2D eigenvalue weighted by molar-refractivity contribution is 5.87. The molecule has 0 spiro atoms. The van der Waals surface area contributed by atoms with Crippen molar-refractivity contribution in [3.63, 3.8) is 0 Å². The van der Waals surface area contributed by atoms with E-state index in [4.69, 9.17) is 4.74 Å². The van der Waals surface area contributed by atoms with Crippen LogP contribution >= 0.6 is 0 Å². The Morgan fingerprint density at radius 2 is 1.87 bits per heavy atom. The number of carbonyl (C=O) groups excluding carboxylic acids is 2. The van der Waals surface area contributed by atoms with Gasteiger partial charge in [-0.15, -0.1) is 0 Å². The zero-order chi connectivity index (χ0) is 16.7. The average molecular weight is 319 g/mol. The molecule has 0 aromatic heterocycles. The molecule has 1 fully saturated rings. The maximum Gasteiger partial charge on any atom is 0.241 e. The summed E-state index contributed by atoms with van der Waals surface area (Å²) in [7, 11) is 0. The van der Waals surface area contributed by atoms with Gasteiger partial charge in [-0.1, -0.05) is 12.1 Å². The highest BCUT2D eigenvalue weighted by atomic mass is 16.5. The first kappa shape index (κ1) is 17.1. The smallest absolute Gasteiger partial charge is 0.241 e. The summed E-state index contributed by atoms with van der Waals surface area (Å²) in [5, 5.41) is 5.71. The average Bonchev–Trinajstić information content (AvgIpc) is 3.05. The van der Waals surface area contributed by atoms with Crippen molar-refractivity contribution in [3.05, 3.63) is 24.3 Å². The van der Waals surface area contributed by atoms with E-state index in [9.17, 15) is 9.59 Å². The van der Waals surface area contributed by atoms with Gasteiger partial charge in [0.15, 0.2) is 0 Å². The normalized spacial score (nSPS) is 14.0. The molecule has 1 aromatic rings. The van der Waals surface area contributed by atoms with Gasteiger partial charge in [-0.2, -0.15) is 0 Å². The molecule has 6 nitrogen and oxygen atoms in total. The van der Waals surface area contributed by atoms with Gasteiger partial charge in [0.1, 0.15) is 5.75 Å². The van der Waals surface area contributed by atoms with Crippen molar-refractivity contribution in [2.24, 2.45) is 0 Å². The number of benzene rings is 1. The standard InChI is InChI=1S/C17H25N3O3/c1-13(2)23-15-8-4-3-7-14(15)18-11-16(21)19-12-17(22)20-9-5-6-10-20/h3-4,7-8,13,18H,5-6,9-12H2,1-2H3,(H,19,21). The Hall–Kier alpha value is -2.24. The molecule has 0 atom stereocenters. The van der Waals surface area contributed by atoms with Crippen molar-refractivity contribution in [3.8, 4) is 5.75 Å². The van der Waals surface area contributed by atoms with Crippen LogP contribution in [0.3, 0.4) is 0 Å². The third-order valence-corrected chi connectivity index (χ3v) is 3.58. The van der Waals surface area contributed by atoms with E-state index in [1.165, 1.54) is 0 Å². The van der Waals surface area contributed by atoms with Gasteiger partial charge >= 0.3 is 0 Å². The fourth-order valence-corrected chi connectivity index (χ4v) is 2.46. The van der Waals surface area contributed by atoms with Gasteiger partial charge in [0.05, 0.1) is 24.9 Å². The topological polar surface area (TPSA) is 70.7 Å². The van der Waals surface area contributed by atoms with E-state index in [2.05, 4.69) is 10.6 Å². The van der Waals surface area contributed by atoms with Crippen molar-refractivity contribution >= 4 is 17.5 Å². The molecule has 1 aromatic carbocycles. The Balaban J connectivity index is 1.77. The summed E-state index contributed by atoms with van der Waals surface area (Å²) in [4.78, 5) is 25.5. The highest BCUT2D eigenvalue weighted by Crippen LogP contribution is 2.24. The third kappa shape index (κ3) is 5.47. The summed E-state index contributed by atoms with van der Waals surface area (Å²) in [5.41, 5.74) is 0.766. The Morgan fingerprint density at radius 1 is 1.17 bits per heavy atom. The first-order chi connectivity index (χ1) is 11.1. The Morgan fingerprint density at radius 3 is 2.57 bits per heavy atom. The van der Waals surface area contributed by atoms with Gasteiger partial charge in [-0.3, -0.25) is 9.59 Å². The molecule has 6 heteroatoms. The van der Waals surface area contributed by atoms with Crippen LogP contribution in [0.25, 0.3) is 0 Å². The molecule has 0 bridgehead atoms. The number of anilines is 1. The number of nitrogens with one attached hydrogen (secondary N) is 2. The van der Waals surface area contributed by atoms with Crippen LogP contribution in [-0.4, -0.2) is 49.0 Å². The molecule has 126 valence electrons. The lowest BCUT2D eigenvalue weighted by molar-refractivity contribution is -0.131. The van der Waals surface area contributed by atoms with Crippen LogP contribution in [0.5, 0.6) is 5.75 Å². The first-order valence-corrected chi connectivity index (χ1v) is 8.10. The van der Waals surface area contributed by atoms with Gasteiger partial charge in [0, 0.05) is 13.1 Å². The molecule has 23 heavy (non-hydrogen) atoms. The van der Waals surface area contributed by atoms with E-state index in [0.29, 0.717) is 5.75 Å². The molecule has 1 aliphatic heterocycles. The van der Waals surface area contributed by atoms with E-state index in [-0.39, 0.29) is 31.0 Å². The highest BCUT2D eigenvalue weighted by Gasteiger charge is 2.18. The quantitative estimate of drug-likeness (QED) is 0.801. The number of para-hydroxylation sites is 2. The van der Waals surface area contributed by atoms with Gasteiger partial charge < -0.3 is 20.3 Å². The van der Waals surface area contributed by atoms with Crippen LogP contribution in [0.15, 0.2) is 24.3 Å². The minimum Gasteiger partial charge on any atom is -0.489 e. The second kappa shape index (κ2) is 8.41. The van der Waals surface area contributed by atoms with Crippen molar-refractivity contribution in [2.75, 3.05) is 31.5 Å². The van der Waals surface area contributed by atoms with Crippen LogP contribution < -0.4 is 15.4 Å². The van der Waals surface area contributed by atoms with E-state index in [1.807, 2.05) is 38.1 Å². The number of hydrogen-bond acceptors (Lipinski definition) is 4. The number of carbonyl (C=O) groups is 2. The number of likely N-dealkylation sites (tertiary alicyclic amines) is 1. The van der Waals surface area contributed by atoms with Crippen molar-refractivity contribution < 1.29 is 14.3 Å². The minimum absolute atomic E-state index is 0.0145. The summed E-state index contributed by atoms with van der Waals surface area (Å²) in [6, 6.07) is 7.49. The maximum absolute atomic E-state index is 11.9. The molecule has 1 heterocycles. The molecule has 0 unspecified atom stereocenters. The number of ether oxygens (including phenoxy) is 1. The predicted octanol–water partition coefficient (Wildman–Crippen LogP) is 1.62. The molecular weight excluding hydrogens is 294 g/mol. The second-order valence-corrected chi connectivity index (χ2v) is 5.88. The molecule has 2 N–H and O–H groups in total. The van der Waals surface area contributed by atoms with E-state index >= 15 is 0 Å². The second-order valence-electron chi connectivity index (χ2n) is 5.88. The van der Waals surface area contributed by atoms with E-state index in [1.54, 1.807) is 4.90 Å². The Bertz CT molecular complexity index is 540. The molecule has 1 aliphatic rings. The van der Waals surface area contributed by atoms with Crippen LogP contribution in [0, 0.1) is 0 Å². The lowest BCUT2D eigenvalue weighted by Crippen LogP contribution is -2.40.